The standard InChI is InChI=1S/C14H18BrFO2/c1-2-12-9-14(17,5-6-18-12)8-10-3-4-11(16)7-13(10)15/h3-4,7,12,17H,2,5-6,8-9H2,1H3. The van der Waals surface area contributed by atoms with Crippen molar-refractivity contribution in [3.05, 3.63) is 34.1 Å². The Balaban J connectivity index is 2.11. The van der Waals surface area contributed by atoms with Crippen molar-refractivity contribution in [2.45, 2.75) is 44.3 Å². The van der Waals surface area contributed by atoms with E-state index >= 15 is 0 Å². The van der Waals surface area contributed by atoms with Gasteiger partial charge in [0.1, 0.15) is 5.82 Å². The van der Waals surface area contributed by atoms with Gasteiger partial charge < -0.3 is 9.84 Å². The molecule has 1 fully saturated rings. The number of ether oxygens (including phenoxy) is 1. The quantitative estimate of drug-likeness (QED) is 0.925. The number of hydrogen-bond acceptors (Lipinski definition) is 2. The van der Waals surface area contributed by atoms with E-state index in [0.29, 0.717) is 25.9 Å². The Labute approximate surface area is 115 Å². The third-order valence-electron chi connectivity index (χ3n) is 3.52. The number of benzene rings is 1. The highest BCUT2D eigenvalue weighted by molar-refractivity contribution is 9.10. The van der Waals surface area contributed by atoms with E-state index in [-0.39, 0.29) is 11.9 Å². The van der Waals surface area contributed by atoms with Crippen LogP contribution >= 0.6 is 15.9 Å². The van der Waals surface area contributed by atoms with Gasteiger partial charge >= 0.3 is 0 Å². The van der Waals surface area contributed by atoms with Gasteiger partial charge in [0.15, 0.2) is 0 Å². The lowest BCUT2D eigenvalue weighted by Crippen LogP contribution is -2.42. The van der Waals surface area contributed by atoms with Gasteiger partial charge in [-0.1, -0.05) is 28.9 Å². The van der Waals surface area contributed by atoms with Crippen molar-refractivity contribution in [3.63, 3.8) is 0 Å². The lowest BCUT2D eigenvalue weighted by atomic mass is 9.84. The Hall–Kier alpha value is -0.450. The summed E-state index contributed by atoms with van der Waals surface area (Å²) in [5, 5.41) is 10.6. The summed E-state index contributed by atoms with van der Waals surface area (Å²) in [7, 11) is 0. The minimum Gasteiger partial charge on any atom is -0.389 e. The highest BCUT2D eigenvalue weighted by Crippen LogP contribution is 2.32. The van der Waals surface area contributed by atoms with E-state index in [4.69, 9.17) is 4.74 Å². The van der Waals surface area contributed by atoms with Gasteiger partial charge in [-0.25, -0.2) is 4.39 Å². The van der Waals surface area contributed by atoms with Crippen LogP contribution in [-0.2, 0) is 11.2 Å². The van der Waals surface area contributed by atoms with Crippen LogP contribution in [0.1, 0.15) is 31.7 Å². The van der Waals surface area contributed by atoms with Gasteiger partial charge in [-0.3, -0.25) is 0 Å². The molecule has 1 N–H and O–H groups in total. The summed E-state index contributed by atoms with van der Waals surface area (Å²) in [5.74, 6) is -0.268. The van der Waals surface area contributed by atoms with E-state index < -0.39 is 5.60 Å². The number of hydrogen-bond donors (Lipinski definition) is 1. The monoisotopic (exact) mass is 316 g/mol. The second kappa shape index (κ2) is 5.68. The van der Waals surface area contributed by atoms with E-state index in [9.17, 15) is 9.50 Å². The smallest absolute Gasteiger partial charge is 0.124 e. The Morgan fingerprint density at radius 3 is 3.00 bits per heavy atom. The largest absolute Gasteiger partial charge is 0.389 e. The van der Waals surface area contributed by atoms with Crippen molar-refractivity contribution in [3.8, 4) is 0 Å². The molecule has 2 rings (SSSR count). The van der Waals surface area contributed by atoms with Gasteiger partial charge in [-0.2, -0.15) is 0 Å². The van der Waals surface area contributed by atoms with Crippen LogP contribution in [0.15, 0.2) is 22.7 Å². The molecule has 2 nitrogen and oxygen atoms in total. The van der Waals surface area contributed by atoms with Crippen LogP contribution in [0.2, 0.25) is 0 Å². The van der Waals surface area contributed by atoms with Crippen LogP contribution in [-0.4, -0.2) is 23.4 Å². The van der Waals surface area contributed by atoms with E-state index in [1.807, 2.05) is 0 Å². The van der Waals surface area contributed by atoms with Gasteiger partial charge in [-0.05, 0) is 30.5 Å². The summed E-state index contributed by atoms with van der Waals surface area (Å²) < 4.78 is 19.3. The zero-order chi connectivity index (χ0) is 13.2. The molecule has 1 aromatic carbocycles. The molecule has 0 aromatic heterocycles. The van der Waals surface area contributed by atoms with Crippen LogP contribution in [0.25, 0.3) is 0 Å². The first-order chi connectivity index (χ1) is 8.52. The fourth-order valence-corrected chi connectivity index (χ4v) is 2.93. The molecule has 1 aromatic rings. The van der Waals surface area contributed by atoms with E-state index in [0.717, 1.165) is 16.5 Å². The molecule has 0 bridgehead atoms. The predicted molar refractivity (Wildman–Crippen MR) is 72.0 cm³/mol. The number of rotatable bonds is 3. The highest BCUT2D eigenvalue weighted by Gasteiger charge is 2.34. The first-order valence-corrected chi connectivity index (χ1v) is 7.09. The predicted octanol–water partition coefficient (Wildman–Crippen LogP) is 3.45. The average Bonchev–Trinajstić information content (AvgIpc) is 2.33. The molecule has 18 heavy (non-hydrogen) atoms. The van der Waals surface area contributed by atoms with Crippen LogP contribution < -0.4 is 0 Å². The second-order valence-electron chi connectivity index (χ2n) is 4.99. The maximum atomic E-state index is 13.0. The maximum Gasteiger partial charge on any atom is 0.124 e. The second-order valence-corrected chi connectivity index (χ2v) is 5.85. The first kappa shape index (κ1) is 14.0. The molecule has 100 valence electrons. The number of aliphatic hydroxyl groups is 1. The van der Waals surface area contributed by atoms with Crippen molar-refractivity contribution < 1.29 is 14.2 Å². The molecule has 2 unspecified atom stereocenters. The van der Waals surface area contributed by atoms with Crippen LogP contribution in [0, 0.1) is 5.82 Å². The summed E-state index contributed by atoms with van der Waals surface area (Å²) in [6.45, 7) is 2.65. The molecule has 2 atom stereocenters. The highest BCUT2D eigenvalue weighted by atomic mass is 79.9. The Kier molecular flexibility index (Phi) is 4.41. The molecule has 1 heterocycles. The fraction of sp³-hybridized carbons (Fsp3) is 0.571. The maximum absolute atomic E-state index is 13.0. The molecule has 4 heteroatoms. The molecule has 0 spiro atoms. The van der Waals surface area contributed by atoms with Gasteiger partial charge in [-0.15, -0.1) is 0 Å². The first-order valence-electron chi connectivity index (χ1n) is 6.30. The Morgan fingerprint density at radius 2 is 2.33 bits per heavy atom. The molecule has 0 saturated carbocycles. The fourth-order valence-electron chi connectivity index (χ4n) is 2.44. The molecule has 0 radical (unpaired) electrons. The van der Waals surface area contributed by atoms with E-state index in [1.54, 1.807) is 6.07 Å². The van der Waals surface area contributed by atoms with E-state index in [2.05, 4.69) is 22.9 Å². The van der Waals surface area contributed by atoms with Crippen LogP contribution in [0.4, 0.5) is 4.39 Å². The summed E-state index contributed by atoms with van der Waals surface area (Å²) in [6, 6.07) is 4.60. The molecular formula is C14H18BrFO2. The molecule has 0 amide bonds. The summed E-state index contributed by atoms with van der Waals surface area (Å²) in [6.07, 6.45) is 2.85. The van der Waals surface area contributed by atoms with Crippen molar-refractivity contribution in [2.24, 2.45) is 0 Å². The van der Waals surface area contributed by atoms with E-state index in [1.165, 1.54) is 12.1 Å². The van der Waals surface area contributed by atoms with Gasteiger partial charge in [0, 0.05) is 23.9 Å². The van der Waals surface area contributed by atoms with Crippen molar-refractivity contribution >= 4 is 15.9 Å². The summed E-state index contributed by atoms with van der Waals surface area (Å²) in [4.78, 5) is 0. The lowest BCUT2D eigenvalue weighted by Gasteiger charge is -2.37. The summed E-state index contributed by atoms with van der Waals surface area (Å²) >= 11 is 3.35. The molecule has 1 aliphatic heterocycles. The number of halogens is 2. The Bertz CT molecular complexity index is 424. The summed E-state index contributed by atoms with van der Waals surface area (Å²) in [5.41, 5.74) is 0.204. The molecular weight excluding hydrogens is 299 g/mol. The van der Waals surface area contributed by atoms with Gasteiger partial charge in [0.25, 0.3) is 0 Å². The molecule has 1 aliphatic rings. The third-order valence-corrected chi connectivity index (χ3v) is 4.26. The van der Waals surface area contributed by atoms with Crippen molar-refractivity contribution in [1.29, 1.82) is 0 Å². The molecule has 0 aliphatic carbocycles. The minimum atomic E-state index is -0.737. The van der Waals surface area contributed by atoms with Gasteiger partial charge in [0.05, 0.1) is 11.7 Å². The Morgan fingerprint density at radius 1 is 1.56 bits per heavy atom. The molecule has 1 saturated heterocycles. The van der Waals surface area contributed by atoms with Crippen LogP contribution in [0.3, 0.4) is 0 Å². The topological polar surface area (TPSA) is 29.5 Å². The van der Waals surface area contributed by atoms with Crippen molar-refractivity contribution in [2.75, 3.05) is 6.61 Å². The van der Waals surface area contributed by atoms with Crippen LogP contribution in [0.5, 0.6) is 0 Å². The van der Waals surface area contributed by atoms with Crippen molar-refractivity contribution in [1.82, 2.24) is 0 Å². The average molecular weight is 317 g/mol. The zero-order valence-electron chi connectivity index (χ0n) is 10.5. The minimum absolute atomic E-state index is 0.128. The SMILES string of the molecule is CCC1CC(O)(Cc2ccc(F)cc2Br)CCO1. The normalized spacial score (nSPS) is 28.3. The third kappa shape index (κ3) is 3.31. The zero-order valence-corrected chi connectivity index (χ0v) is 12.0. The van der Waals surface area contributed by atoms with Gasteiger partial charge in [0.2, 0.25) is 0 Å². The lowest BCUT2D eigenvalue weighted by molar-refractivity contribution is -0.103.